The van der Waals surface area contributed by atoms with Crippen molar-refractivity contribution in [3.8, 4) is 0 Å². The van der Waals surface area contributed by atoms with Crippen molar-refractivity contribution in [1.29, 1.82) is 0 Å². The third-order valence-corrected chi connectivity index (χ3v) is 2.99. The van der Waals surface area contributed by atoms with Crippen LogP contribution in [0.15, 0.2) is 24.5 Å². The highest BCUT2D eigenvalue weighted by Gasteiger charge is 2.07. The number of aryl methyl sites for hydroxylation is 2. The molecule has 3 rings (SSSR count). The lowest BCUT2D eigenvalue weighted by atomic mass is 10.3. The zero-order valence-electron chi connectivity index (χ0n) is 10.8. The van der Waals surface area contributed by atoms with E-state index in [9.17, 15) is 0 Å². The van der Waals surface area contributed by atoms with Crippen LogP contribution < -0.4 is 11.1 Å². The number of fused-ring (bicyclic) bond motifs is 1. The minimum Gasteiger partial charge on any atom is -0.384 e. The molecule has 0 unspecified atom stereocenters. The first-order chi connectivity index (χ1) is 9.13. The van der Waals surface area contributed by atoms with Crippen molar-refractivity contribution >= 4 is 17.4 Å². The second-order valence-corrected chi connectivity index (χ2v) is 4.47. The number of anilines is 2. The SMILES string of the molecule is Cc1ccn2nc(NCc3cnn(C)c3N)nc2c1. The molecule has 3 aromatic heterocycles. The van der Waals surface area contributed by atoms with Crippen molar-refractivity contribution in [3.05, 3.63) is 35.7 Å². The second-order valence-electron chi connectivity index (χ2n) is 4.47. The van der Waals surface area contributed by atoms with E-state index in [-0.39, 0.29) is 0 Å². The molecule has 3 aromatic rings. The number of nitrogen functional groups attached to an aromatic ring is 1. The number of hydrogen-bond acceptors (Lipinski definition) is 5. The first kappa shape index (κ1) is 11.5. The summed E-state index contributed by atoms with van der Waals surface area (Å²) in [7, 11) is 1.81. The maximum Gasteiger partial charge on any atom is 0.243 e. The average molecular weight is 257 g/mol. The molecule has 0 aliphatic heterocycles. The predicted molar refractivity (Wildman–Crippen MR) is 72.7 cm³/mol. The number of rotatable bonds is 3. The molecule has 0 saturated heterocycles. The third-order valence-electron chi connectivity index (χ3n) is 2.99. The van der Waals surface area contributed by atoms with Crippen molar-refractivity contribution in [2.24, 2.45) is 7.05 Å². The monoisotopic (exact) mass is 257 g/mol. The van der Waals surface area contributed by atoms with Crippen molar-refractivity contribution < 1.29 is 0 Å². The second kappa shape index (κ2) is 4.27. The Morgan fingerprint density at radius 2 is 2.26 bits per heavy atom. The van der Waals surface area contributed by atoms with Crippen LogP contribution in [-0.4, -0.2) is 24.4 Å². The van der Waals surface area contributed by atoms with Gasteiger partial charge in [0, 0.05) is 25.4 Å². The van der Waals surface area contributed by atoms with Crippen LogP contribution in [0, 0.1) is 6.92 Å². The van der Waals surface area contributed by atoms with Gasteiger partial charge in [-0.25, -0.2) is 4.52 Å². The molecule has 0 spiro atoms. The van der Waals surface area contributed by atoms with E-state index < -0.39 is 0 Å². The molecular weight excluding hydrogens is 242 g/mol. The number of nitrogens with one attached hydrogen (secondary N) is 1. The lowest BCUT2D eigenvalue weighted by Crippen LogP contribution is -2.05. The number of nitrogens with zero attached hydrogens (tertiary/aromatic N) is 5. The molecule has 19 heavy (non-hydrogen) atoms. The minimum absolute atomic E-state index is 0.551. The summed E-state index contributed by atoms with van der Waals surface area (Å²) >= 11 is 0. The maximum atomic E-state index is 5.88. The molecule has 0 bridgehead atoms. The van der Waals surface area contributed by atoms with Gasteiger partial charge in [-0.15, -0.1) is 5.10 Å². The standard InChI is InChI=1S/C12H15N7/c1-8-3-4-19-10(5-8)16-12(17-19)14-6-9-7-15-18(2)11(9)13/h3-5,7H,6,13H2,1-2H3,(H,14,17). The molecule has 3 N–H and O–H groups in total. The lowest BCUT2D eigenvalue weighted by Gasteiger charge is -2.00. The van der Waals surface area contributed by atoms with Gasteiger partial charge >= 0.3 is 0 Å². The van der Waals surface area contributed by atoms with Gasteiger partial charge in [0.2, 0.25) is 5.95 Å². The predicted octanol–water partition coefficient (Wildman–Crippen LogP) is 0.966. The van der Waals surface area contributed by atoms with Gasteiger partial charge in [0.15, 0.2) is 5.65 Å². The molecule has 7 nitrogen and oxygen atoms in total. The Kier molecular flexibility index (Phi) is 2.59. The van der Waals surface area contributed by atoms with Crippen LogP contribution in [-0.2, 0) is 13.6 Å². The van der Waals surface area contributed by atoms with Gasteiger partial charge in [-0.3, -0.25) is 4.68 Å². The van der Waals surface area contributed by atoms with E-state index in [4.69, 9.17) is 5.73 Å². The summed E-state index contributed by atoms with van der Waals surface area (Å²) in [4.78, 5) is 4.40. The Bertz CT molecular complexity index is 725. The van der Waals surface area contributed by atoms with E-state index >= 15 is 0 Å². The molecule has 3 heterocycles. The average Bonchev–Trinajstić information content (AvgIpc) is 2.92. The first-order valence-corrected chi connectivity index (χ1v) is 5.97. The minimum atomic E-state index is 0.551. The number of pyridine rings is 1. The summed E-state index contributed by atoms with van der Waals surface area (Å²) in [6, 6.07) is 3.97. The van der Waals surface area contributed by atoms with Crippen LogP contribution in [0.5, 0.6) is 0 Å². The third kappa shape index (κ3) is 2.10. The molecular formula is C12H15N7. The van der Waals surface area contributed by atoms with Crippen LogP contribution in [0.4, 0.5) is 11.8 Å². The van der Waals surface area contributed by atoms with Crippen LogP contribution >= 0.6 is 0 Å². The summed E-state index contributed by atoms with van der Waals surface area (Å²) in [5.74, 6) is 1.22. The van der Waals surface area contributed by atoms with Gasteiger partial charge in [-0.1, -0.05) is 0 Å². The Hall–Kier alpha value is -2.57. The van der Waals surface area contributed by atoms with Crippen molar-refractivity contribution in [1.82, 2.24) is 24.4 Å². The van der Waals surface area contributed by atoms with Gasteiger partial charge in [0.1, 0.15) is 5.82 Å². The fourth-order valence-corrected chi connectivity index (χ4v) is 1.86. The van der Waals surface area contributed by atoms with Crippen LogP contribution in [0.3, 0.4) is 0 Å². The molecule has 0 amide bonds. The maximum absolute atomic E-state index is 5.88. The molecule has 7 heteroatoms. The molecule has 0 aromatic carbocycles. The highest BCUT2D eigenvalue weighted by Crippen LogP contribution is 2.12. The topological polar surface area (TPSA) is 86.1 Å². The lowest BCUT2D eigenvalue weighted by molar-refractivity contribution is 0.778. The highest BCUT2D eigenvalue weighted by molar-refractivity contribution is 5.46. The molecule has 0 fully saturated rings. The zero-order valence-corrected chi connectivity index (χ0v) is 10.8. The molecule has 0 atom stereocenters. The smallest absolute Gasteiger partial charge is 0.243 e. The first-order valence-electron chi connectivity index (χ1n) is 5.97. The molecule has 0 aliphatic carbocycles. The molecule has 98 valence electrons. The van der Waals surface area contributed by atoms with Crippen LogP contribution in [0.1, 0.15) is 11.1 Å². The summed E-state index contributed by atoms with van der Waals surface area (Å²) < 4.78 is 3.37. The van der Waals surface area contributed by atoms with Crippen LogP contribution in [0.25, 0.3) is 5.65 Å². The van der Waals surface area contributed by atoms with Gasteiger partial charge in [0.05, 0.1) is 6.20 Å². The quantitative estimate of drug-likeness (QED) is 0.730. The van der Waals surface area contributed by atoms with E-state index in [0.29, 0.717) is 18.3 Å². The Labute approximate surface area is 110 Å². The van der Waals surface area contributed by atoms with E-state index in [2.05, 4.69) is 20.5 Å². The van der Waals surface area contributed by atoms with Gasteiger partial charge in [-0.2, -0.15) is 10.1 Å². The van der Waals surface area contributed by atoms with E-state index in [0.717, 1.165) is 16.8 Å². The molecule has 0 aliphatic rings. The molecule has 0 saturated carbocycles. The zero-order chi connectivity index (χ0) is 13.4. The Morgan fingerprint density at radius 1 is 1.42 bits per heavy atom. The van der Waals surface area contributed by atoms with E-state index in [1.165, 1.54) is 0 Å². The normalized spacial score (nSPS) is 11.1. The summed E-state index contributed by atoms with van der Waals surface area (Å²) in [6.07, 6.45) is 3.63. The van der Waals surface area contributed by atoms with Gasteiger partial charge in [-0.05, 0) is 24.6 Å². The summed E-state index contributed by atoms with van der Waals surface area (Å²) in [5.41, 5.74) is 8.78. The number of aromatic nitrogens is 5. The Balaban J connectivity index is 1.80. The number of nitrogens with two attached hydrogens (primary N) is 1. The largest absolute Gasteiger partial charge is 0.384 e. The van der Waals surface area contributed by atoms with Gasteiger partial charge < -0.3 is 11.1 Å². The molecule has 0 radical (unpaired) electrons. The van der Waals surface area contributed by atoms with Crippen molar-refractivity contribution in [2.45, 2.75) is 13.5 Å². The Morgan fingerprint density at radius 3 is 3.00 bits per heavy atom. The van der Waals surface area contributed by atoms with Crippen LogP contribution in [0.2, 0.25) is 0 Å². The van der Waals surface area contributed by atoms with Crippen molar-refractivity contribution in [3.63, 3.8) is 0 Å². The summed E-state index contributed by atoms with van der Waals surface area (Å²) in [6.45, 7) is 2.58. The van der Waals surface area contributed by atoms with E-state index in [1.54, 1.807) is 15.4 Å². The van der Waals surface area contributed by atoms with E-state index in [1.807, 2.05) is 32.3 Å². The van der Waals surface area contributed by atoms with Gasteiger partial charge in [0.25, 0.3) is 0 Å². The fraction of sp³-hybridized carbons (Fsp3) is 0.250. The highest BCUT2D eigenvalue weighted by atomic mass is 15.3. The summed E-state index contributed by atoms with van der Waals surface area (Å²) in [5, 5.41) is 11.6. The fourth-order valence-electron chi connectivity index (χ4n) is 1.86. The number of hydrogen-bond donors (Lipinski definition) is 2. The van der Waals surface area contributed by atoms with Crippen molar-refractivity contribution in [2.75, 3.05) is 11.1 Å².